The van der Waals surface area contributed by atoms with Crippen molar-refractivity contribution < 1.29 is 22.7 Å². The normalized spacial score (nSPS) is 11.2. The lowest BCUT2D eigenvalue weighted by Gasteiger charge is -2.10. The highest BCUT2D eigenvalue weighted by atomic mass is 35.5. The van der Waals surface area contributed by atoms with E-state index in [2.05, 4.69) is 9.72 Å². The molecule has 1 aromatic carbocycles. The molecular weight excluding hydrogens is 295 g/mol. The fourth-order valence-corrected chi connectivity index (χ4v) is 1.77. The lowest BCUT2D eigenvalue weighted by atomic mass is 10.1. The molecule has 1 aromatic heterocycles. The van der Waals surface area contributed by atoms with Crippen molar-refractivity contribution in [2.75, 3.05) is 0 Å². The molecule has 0 fully saturated rings. The first-order valence-electron chi connectivity index (χ1n) is 5.38. The number of ether oxygens (including phenoxy) is 1. The molecule has 3 nitrogen and oxygen atoms in total. The van der Waals surface area contributed by atoms with Crippen LogP contribution in [0.1, 0.15) is 16.1 Å². The fourth-order valence-electron chi connectivity index (χ4n) is 1.51. The second kappa shape index (κ2) is 5.50. The molecule has 0 aliphatic rings. The Morgan fingerprint density at radius 2 is 1.95 bits per heavy atom. The summed E-state index contributed by atoms with van der Waals surface area (Å²) in [4.78, 5) is 15.9. The van der Waals surface area contributed by atoms with Gasteiger partial charge in [-0.1, -0.05) is 17.7 Å². The van der Waals surface area contributed by atoms with Crippen LogP contribution in [0.25, 0.3) is 0 Å². The minimum Gasteiger partial charge on any atom is -0.406 e. The molecule has 0 spiro atoms. The lowest BCUT2D eigenvalue weighted by Crippen LogP contribution is -2.17. The molecule has 2 aromatic rings. The van der Waals surface area contributed by atoms with Crippen molar-refractivity contribution in [2.45, 2.75) is 6.36 Å². The van der Waals surface area contributed by atoms with Gasteiger partial charge in [0.25, 0.3) is 0 Å². The van der Waals surface area contributed by atoms with Gasteiger partial charge in [-0.05, 0) is 30.3 Å². The molecule has 20 heavy (non-hydrogen) atoms. The molecule has 0 N–H and O–H groups in total. The first-order chi connectivity index (χ1) is 9.37. The molecule has 7 heteroatoms. The fraction of sp³-hybridized carbons (Fsp3) is 0.0769. The predicted molar refractivity (Wildman–Crippen MR) is 65.8 cm³/mol. The van der Waals surface area contributed by atoms with Crippen molar-refractivity contribution in [3.8, 4) is 5.75 Å². The Kier molecular flexibility index (Phi) is 3.94. The van der Waals surface area contributed by atoms with Gasteiger partial charge in [-0.15, -0.1) is 13.2 Å². The van der Waals surface area contributed by atoms with E-state index >= 15 is 0 Å². The maximum Gasteiger partial charge on any atom is 0.573 e. The molecule has 0 amide bonds. The van der Waals surface area contributed by atoms with E-state index < -0.39 is 17.9 Å². The summed E-state index contributed by atoms with van der Waals surface area (Å²) in [7, 11) is 0. The first-order valence-corrected chi connectivity index (χ1v) is 5.75. The molecular formula is C13H7ClF3NO2. The summed E-state index contributed by atoms with van der Waals surface area (Å²) >= 11 is 5.81. The van der Waals surface area contributed by atoms with Gasteiger partial charge in [-0.3, -0.25) is 9.78 Å². The van der Waals surface area contributed by atoms with Gasteiger partial charge in [0.05, 0.1) is 5.02 Å². The zero-order valence-corrected chi connectivity index (χ0v) is 10.6. The number of pyridine rings is 1. The largest absolute Gasteiger partial charge is 0.573 e. The van der Waals surface area contributed by atoms with Crippen LogP contribution < -0.4 is 4.74 Å². The van der Waals surface area contributed by atoms with Crippen molar-refractivity contribution in [2.24, 2.45) is 0 Å². The van der Waals surface area contributed by atoms with Crippen LogP contribution in [0, 0.1) is 0 Å². The van der Waals surface area contributed by atoms with Gasteiger partial charge in [0.15, 0.2) is 0 Å². The predicted octanol–water partition coefficient (Wildman–Crippen LogP) is 3.86. The van der Waals surface area contributed by atoms with E-state index in [9.17, 15) is 18.0 Å². The van der Waals surface area contributed by atoms with E-state index in [1.54, 1.807) is 12.1 Å². The molecule has 0 saturated carbocycles. The van der Waals surface area contributed by atoms with Gasteiger partial charge < -0.3 is 4.74 Å². The zero-order chi connectivity index (χ0) is 14.8. The van der Waals surface area contributed by atoms with Gasteiger partial charge in [-0.2, -0.15) is 0 Å². The van der Waals surface area contributed by atoms with Crippen LogP contribution in [-0.4, -0.2) is 17.1 Å². The van der Waals surface area contributed by atoms with E-state index in [4.69, 9.17) is 11.6 Å². The third-order valence-electron chi connectivity index (χ3n) is 2.32. The molecule has 0 aliphatic carbocycles. The standard InChI is InChI=1S/C13H7ClF3NO2/c14-10-7-8(20-13(15,16)17)4-5-9(10)12(19)11-3-1-2-6-18-11/h1-7H. The summed E-state index contributed by atoms with van der Waals surface area (Å²) in [5.41, 5.74) is 0.207. The Bertz CT molecular complexity index is 629. The Balaban J connectivity index is 2.29. The molecule has 0 atom stereocenters. The van der Waals surface area contributed by atoms with Gasteiger partial charge >= 0.3 is 6.36 Å². The van der Waals surface area contributed by atoms with Crippen LogP contribution in [0.15, 0.2) is 42.6 Å². The smallest absolute Gasteiger partial charge is 0.406 e. The molecule has 0 saturated heterocycles. The maximum atomic E-state index is 12.1. The molecule has 0 radical (unpaired) electrons. The van der Waals surface area contributed by atoms with E-state index in [1.165, 1.54) is 18.3 Å². The number of hydrogen-bond donors (Lipinski definition) is 0. The van der Waals surface area contributed by atoms with Crippen molar-refractivity contribution in [3.63, 3.8) is 0 Å². The highest BCUT2D eigenvalue weighted by Gasteiger charge is 2.31. The number of alkyl halides is 3. The summed E-state index contributed by atoms with van der Waals surface area (Å²) in [5, 5.41) is -0.137. The van der Waals surface area contributed by atoms with Crippen LogP contribution in [0.3, 0.4) is 0 Å². The van der Waals surface area contributed by atoms with Gasteiger partial charge in [-0.25, -0.2) is 0 Å². The minimum atomic E-state index is -4.81. The summed E-state index contributed by atoms with van der Waals surface area (Å²) in [6, 6.07) is 7.87. The quantitative estimate of drug-likeness (QED) is 0.808. The van der Waals surface area contributed by atoms with Gasteiger partial charge in [0.1, 0.15) is 11.4 Å². The second-order valence-corrected chi connectivity index (χ2v) is 4.14. The highest BCUT2D eigenvalue weighted by Crippen LogP contribution is 2.28. The Morgan fingerprint density at radius 1 is 1.20 bits per heavy atom. The van der Waals surface area contributed by atoms with E-state index in [0.717, 1.165) is 12.1 Å². The van der Waals surface area contributed by atoms with Crippen LogP contribution in [0.5, 0.6) is 5.75 Å². The number of carbonyl (C=O) groups excluding carboxylic acids is 1. The highest BCUT2D eigenvalue weighted by molar-refractivity contribution is 6.35. The summed E-state index contributed by atoms with van der Waals surface area (Å²) in [5.74, 6) is -0.964. The lowest BCUT2D eigenvalue weighted by molar-refractivity contribution is -0.274. The topological polar surface area (TPSA) is 39.2 Å². The van der Waals surface area contributed by atoms with E-state index in [-0.39, 0.29) is 16.3 Å². The minimum absolute atomic E-state index is 0.0555. The van der Waals surface area contributed by atoms with Gasteiger partial charge in [0, 0.05) is 11.8 Å². The molecule has 104 valence electrons. The average Bonchev–Trinajstić information content (AvgIpc) is 2.37. The number of benzene rings is 1. The summed E-state index contributed by atoms with van der Waals surface area (Å²) in [6.45, 7) is 0. The van der Waals surface area contributed by atoms with Crippen LogP contribution in [0.2, 0.25) is 5.02 Å². The third-order valence-corrected chi connectivity index (χ3v) is 2.63. The van der Waals surface area contributed by atoms with Crippen LogP contribution in [0.4, 0.5) is 13.2 Å². The zero-order valence-electron chi connectivity index (χ0n) is 9.82. The molecule has 0 unspecified atom stereocenters. The Labute approximate surface area is 117 Å². The summed E-state index contributed by atoms with van der Waals surface area (Å²) in [6.07, 6.45) is -3.38. The number of carbonyl (C=O) groups is 1. The summed E-state index contributed by atoms with van der Waals surface area (Å²) < 4.78 is 39.9. The van der Waals surface area contributed by atoms with Crippen molar-refractivity contribution in [3.05, 3.63) is 58.9 Å². The first kappa shape index (κ1) is 14.3. The van der Waals surface area contributed by atoms with Crippen molar-refractivity contribution >= 4 is 17.4 Å². The second-order valence-electron chi connectivity index (χ2n) is 3.73. The number of aromatic nitrogens is 1. The molecule has 1 heterocycles. The Hall–Kier alpha value is -2.08. The van der Waals surface area contributed by atoms with E-state index in [1.807, 2.05) is 0 Å². The number of rotatable bonds is 3. The maximum absolute atomic E-state index is 12.1. The average molecular weight is 302 g/mol. The molecule has 0 bridgehead atoms. The SMILES string of the molecule is O=C(c1ccccn1)c1ccc(OC(F)(F)F)cc1Cl. The van der Waals surface area contributed by atoms with Crippen LogP contribution in [-0.2, 0) is 0 Å². The molecule has 0 aliphatic heterocycles. The Morgan fingerprint density at radius 3 is 2.50 bits per heavy atom. The van der Waals surface area contributed by atoms with Gasteiger partial charge in [0.2, 0.25) is 5.78 Å². The number of hydrogen-bond acceptors (Lipinski definition) is 3. The van der Waals surface area contributed by atoms with E-state index in [0.29, 0.717) is 0 Å². The number of ketones is 1. The monoisotopic (exact) mass is 301 g/mol. The number of nitrogens with zero attached hydrogens (tertiary/aromatic N) is 1. The van der Waals surface area contributed by atoms with Crippen molar-refractivity contribution in [1.29, 1.82) is 0 Å². The number of halogens is 4. The van der Waals surface area contributed by atoms with Crippen molar-refractivity contribution in [1.82, 2.24) is 4.98 Å². The third kappa shape index (κ3) is 3.48. The molecule has 2 rings (SSSR count). The van der Waals surface area contributed by atoms with Crippen LogP contribution >= 0.6 is 11.6 Å².